The second-order valence-corrected chi connectivity index (χ2v) is 25.0. The molecule has 85 heavy (non-hydrogen) atoms. The van der Waals surface area contributed by atoms with E-state index >= 15 is 0 Å². The smallest absolute Gasteiger partial charge is 0.220 e. The van der Waals surface area contributed by atoms with Crippen molar-refractivity contribution in [1.29, 1.82) is 0 Å². The predicted octanol–water partition coefficient (Wildman–Crippen LogP) is 20.1. The van der Waals surface area contributed by atoms with Crippen LogP contribution < -0.4 is 5.32 Å². The summed E-state index contributed by atoms with van der Waals surface area (Å²) in [6.45, 7) is 3.76. The number of aliphatic hydroxyl groups excluding tert-OH is 5. The van der Waals surface area contributed by atoms with Crippen LogP contribution in [0, 0.1) is 0 Å². The van der Waals surface area contributed by atoms with Gasteiger partial charge >= 0.3 is 0 Å². The lowest BCUT2D eigenvalue weighted by Crippen LogP contribution is -2.60. The molecule has 1 amide bonds. The normalized spacial score (nSPS) is 18.6. The molecule has 9 heteroatoms. The van der Waals surface area contributed by atoms with E-state index < -0.39 is 49.5 Å². The number of aliphatic hydroxyl groups is 5. The molecule has 0 aromatic heterocycles. The summed E-state index contributed by atoms with van der Waals surface area (Å²) in [6.07, 6.45) is 85.1. The van der Waals surface area contributed by atoms with Crippen LogP contribution in [0.3, 0.4) is 0 Å². The molecule has 1 heterocycles. The minimum Gasteiger partial charge on any atom is -0.394 e. The Labute approximate surface area is 524 Å². The number of hydrogen-bond donors (Lipinski definition) is 6. The van der Waals surface area contributed by atoms with Crippen molar-refractivity contribution in [3.63, 3.8) is 0 Å². The summed E-state index contributed by atoms with van der Waals surface area (Å²) in [7, 11) is 0. The lowest BCUT2D eigenvalue weighted by atomic mass is 9.99. The molecule has 0 bridgehead atoms. The van der Waals surface area contributed by atoms with Crippen LogP contribution in [0.2, 0.25) is 0 Å². The van der Waals surface area contributed by atoms with E-state index in [0.29, 0.717) is 12.8 Å². The molecule has 9 nitrogen and oxygen atoms in total. The van der Waals surface area contributed by atoms with Gasteiger partial charge in [0, 0.05) is 6.42 Å². The fourth-order valence-corrected chi connectivity index (χ4v) is 11.4. The number of allylic oxidation sites excluding steroid dienone is 14. The second kappa shape index (κ2) is 64.4. The average molecular weight is 1190 g/mol. The number of nitrogens with one attached hydrogen (secondary N) is 1. The lowest BCUT2D eigenvalue weighted by molar-refractivity contribution is -0.302. The Morgan fingerprint density at radius 2 is 0.729 bits per heavy atom. The molecule has 1 rings (SSSR count). The molecule has 6 N–H and O–H groups in total. The molecule has 7 atom stereocenters. The first-order chi connectivity index (χ1) is 41.8. The summed E-state index contributed by atoms with van der Waals surface area (Å²) in [4.78, 5) is 13.2. The summed E-state index contributed by atoms with van der Waals surface area (Å²) >= 11 is 0. The largest absolute Gasteiger partial charge is 0.394 e. The Morgan fingerprint density at radius 3 is 1.08 bits per heavy atom. The molecule has 494 valence electrons. The van der Waals surface area contributed by atoms with Crippen molar-refractivity contribution in [2.24, 2.45) is 0 Å². The maximum atomic E-state index is 13.2. The van der Waals surface area contributed by atoms with E-state index in [0.717, 1.165) is 83.5 Å². The molecule has 0 aromatic carbocycles. The van der Waals surface area contributed by atoms with Crippen molar-refractivity contribution in [1.82, 2.24) is 5.32 Å². The minimum atomic E-state index is -1.56. The van der Waals surface area contributed by atoms with Crippen LogP contribution in [-0.2, 0) is 14.3 Å². The van der Waals surface area contributed by atoms with Crippen molar-refractivity contribution < 1.29 is 39.8 Å². The first kappa shape index (κ1) is 80.4. The van der Waals surface area contributed by atoms with Crippen LogP contribution in [-0.4, -0.2) is 87.5 Å². The van der Waals surface area contributed by atoms with Gasteiger partial charge < -0.3 is 40.3 Å². The number of amides is 1. The third-order valence-electron chi connectivity index (χ3n) is 17.0. The Bertz CT molecular complexity index is 1620. The monoisotopic (exact) mass is 1190 g/mol. The van der Waals surface area contributed by atoms with Gasteiger partial charge in [-0.15, -0.1) is 0 Å². The maximum Gasteiger partial charge on any atom is 0.220 e. The van der Waals surface area contributed by atoms with Gasteiger partial charge in [0.05, 0.1) is 25.4 Å². The summed E-state index contributed by atoms with van der Waals surface area (Å²) in [5.41, 5.74) is 0. The summed E-state index contributed by atoms with van der Waals surface area (Å²) in [6, 6.07) is -0.723. The highest BCUT2D eigenvalue weighted by atomic mass is 16.7. The van der Waals surface area contributed by atoms with E-state index in [-0.39, 0.29) is 12.5 Å². The molecule has 0 spiro atoms. The van der Waals surface area contributed by atoms with Crippen LogP contribution in [0.5, 0.6) is 0 Å². The number of rotatable bonds is 63. The molecule has 1 aliphatic rings. The van der Waals surface area contributed by atoms with Crippen LogP contribution >= 0.6 is 0 Å². The molecule has 1 saturated heterocycles. The predicted molar refractivity (Wildman–Crippen MR) is 364 cm³/mol. The quantitative estimate of drug-likeness (QED) is 0.0261. The van der Waals surface area contributed by atoms with Gasteiger partial charge in [-0.3, -0.25) is 4.79 Å². The van der Waals surface area contributed by atoms with Crippen molar-refractivity contribution in [3.05, 3.63) is 85.1 Å². The van der Waals surface area contributed by atoms with Crippen LogP contribution in [0.1, 0.15) is 335 Å². The number of carbonyl (C=O) groups excluding carboxylic acids is 1. The highest BCUT2D eigenvalue weighted by molar-refractivity contribution is 5.76. The average Bonchev–Trinajstić information content (AvgIpc) is 3.66. The van der Waals surface area contributed by atoms with Crippen molar-refractivity contribution >= 4 is 5.91 Å². The van der Waals surface area contributed by atoms with Gasteiger partial charge in [0.25, 0.3) is 0 Å². The molecule has 0 aliphatic carbocycles. The van der Waals surface area contributed by atoms with E-state index in [4.69, 9.17) is 9.47 Å². The molecule has 0 aromatic rings. The number of carbonyl (C=O) groups is 1. The van der Waals surface area contributed by atoms with Crippen molar-refractivity contribution in [2.75, 3.05) is 13.2 Å². The zero-order valence-corrected chi connectivity index (χ0v) is 55.4. The highest BCUT2D eigenvalue weighted by Gasteiger charge is 2.44. The van der Waals surface area contributed by atoms with Crippen LogP contribution in [0.4, 0.5) is 0 Å². The topological polar surface area (TPSA) is 149 Å². The van der Waals surface area contributed by atoms with E-state index in [2.05, 4.69) is 104 Å². The first-order valence-corrected chi connectivity index (χ1v) is 36.3. The Hall–Kier alpha value is -2.63. The van der Waals surface area contributed by atoms with Gasteiger partial charge in [0.1, 0.15) is 24.4 Å². The van der Waals surface area contributed by atoms with Gasteiger partial charge in [-0.25, -0.2) is 0 Å². The van der Waals surface area contributed by atoms with Crippen molar-refractivity contribution in [3.8, 4) is 0 Å². The Balaban J connectivity index is 2.08. The van der Waals surface area contributed by atoms with E-state index in [1.807, 2.05) is 0 Å². The highest BCUT2D eigenvalue weighted by Crippen LogP contribution is 2.24. The van der Waals surface area contributed by atoms with Gasteiger partial charge in [-0.05, 0) is 70.6 Å². The number of ether oxygens (including phenoxy) is 2. The third kappa shape index (κ3) is 53.0. The maximum absolute atomic E-state index is 13.2. The fourth-order valence-electron chi connectivity index (χ4n) is 11.4. The number of unbranched alkanes of at least 4 members (excludes halogenated alkanes) is 39. The zero-order valence-electron chi connectivity index (χ0n) is 55.4. The Kier molecular flexibility index (Phi) is 60.9. The molecule has 0 saturated carbocycles. The summed E-state index contributed by atoms with van der Waals surface area (Å²) in [5.74, 6) is -0.141. The lowest BCUT2D eigenvalue weighted by Gasteiger charge is -2.40. The Morgan fingerprint density at radius 1 is 0.412 bits per heavy atom. The molecule has 1 aliphatic heterocycles. The summed E-state index contributed by atoms with van der Waals surface area (Å²) < 4.78 is 11.4. The first-order valence-electron chi connectivity index (χ1n) is 36.3. The molecular weight excluding hydrogens is 1050 g/mol. The van der Waals surface area contributed by atoms with Crippen LogP contribution in [0.15, 0.2) is 85.1 Å². The summed E-state index contributed by atoms with van der Waals surface area (Å²) in [5, 5.41) is 55.0. The van der Waals surface area contributed by atoms with Crippen molar-refractivity contribution in [2.45, 2.75) is 378 Å². The second-order valence-electron chi connectivity index (χ2n) is 25.0. The van der Waals surface area contributed by atoms with E-state index in [9.17, 15) is 30.3 Å². The standard InChI is InChI=1S/C76H137NO8/c1-3-5-7-9-11-13-15-17-19-21-23-25-27-28-29-30-31-32-33-34-35-36-37-38-39-40-41-42-44-46-48-50-52-54-56-58-60-62-64-66-72(80)77-69(68-84-76-75(83)74(82)73(81)71(67-78)85-76)70(79)65-63-61-59-57-55-53-51-49-47-45-43-26-24-22-20-18-16-14-12-10-8-6-4-2/h5,7,11,13,17,19,23,25,28-29,31-32,34-35,69-71,73-76,78-79,81-83H,3-4,6,8-10,12,14-16,18,20-22,24,26-27,30,33,36-68H2,1-2H3,(H,77,80)/b7-5-,13-11-,19-17-,25-23-,29-28-,32-31-,35-34-. The van der Waals surface area contributed by atoms with Gasteiger partial charge in [-0.1, -0.05) is 343 Å². The third-order valence-corrected chi connectivity index (χ3v) is 17.0. The molecule has 0 radical (unpaired) electrons. The molecule has 1 fully saturated rings. The van der Waals surface area contributed by atoms with Gasteiger partial charge in [0.15, 0.2) is 6.29 Å². The SMILES string of the molecule is CC/C=C\C/C=C\C/C=C\C/C=C\C/C=C\C/C=C\C/C=C\CCCCCCCCCCCCCCCCCCCC(=O)NC(COC1OC(CO)C(O)C(O)C1O)C(O)CCCCCCCCCCCCCCCCCCCCCCCCC. The van der Waals surface area contributed by atoms with E-state index in [1.165, 1.54) is 225 Å². The molecular formula is C76H137NO8. The van der Waals surface area contributed by atoms with E-state index in [1.54, 1.807) is 0 Å². The minimum absolute atomic E-state index is 0.137. The molecule has 7 unspecified atom stereocenters. The number of hydrogen-bond acceptors (Lipinski definition) is 8. The van der Waals surface area contributed by atoms with Gasteiger partial charge in [-0.2, -0.15) is 0 Å². The zero-order chi connectivity index (χ0) is 61.4. The van der Waals surface area contributed by atoms with Gasteiger partial charge in [0.2, 0.25) is 5.91 Å². The fraction of sp³-hybridized carbons (Fsp3) is 0.803. The van der Waals surface area contributed by atoms with Crippen LogP contribution in [0.25, 0.3) is 0 Å².